The molecule has 0 atom stereocenters. The molecule has 3 aromatic rings. The average Bonchev–Trinajstić information content (AvgIpc) is 2.69. The molecule has 0 radical (unpaired) electrons. The van der Waals surface area contributed by atoms with Gasteiger partial charge >= 0.3 is 21.2 Å². The summed E-state index contributed by atoms with van der Waals surface area (Å²) in [4.78, 5) is -0.489. The molecule has 0 saturated heterocycles. The van der Waals surface area contributed by atoms with Crippen LogP contribution in [0.1, 0.15) is 52.7 Å². The van der Waals surface area contributed by atoms with E-state index in [9.17, 15) is 13.0 Å². The number of benzene rings is 3. The summed E-state index contributed by atoms with van der Waals surface area (Å²) in [7, 11) is -4.52. The summed E-state index contributed by atoms with van der Waals surface area (Å²) < 4.78 is 34.5. The Labute approximate surface area is 218 Å². The van der Waals surface area contributed by atoms with Gasteiger partial charge in [-0.2, -0.15) is 0 Å². The van der Waals surface area contributed by atoms with Crippen LogP contribution in [0.2, 0.25) is 10.0 Å². The van der Waals surface area contributed by atoms with Crippen molar-refractivity contribution >= 4 is 33.3 Å². The van der Waals surface area contributed by atoms with Crippen molar-refractivity contribution in [3.05, 3.63) is 95.0 Å². The average molecular weight is 619 g/mol. The Hall–Kier alpha value is -1.12. The van der Waals surface area contributed by atoms with Gasteiger partial charge in [0.25, 0.3) is 0 Å². The topological polar surface area (TPSA) is 57.2 Å². The predicted octanol–water partition coefficient (Wildman–Crippen LogP) is 4.31. The zero-order chi connectivity index (χ0) is 25.0. The second-order valence-electron chi connectivity index (χ2n) is 9.64. The van der Waals surface area contributed by atoms with Crippen LogP contribution >= 0.6 is 23.2 Å². The molecule has 0 unspecified atom stereocenters. The van der Waals surface area contributed by atoms with Gasteiger partial charge in [0.05, 0.1) is 9.92 Å². The molecule has 0 aromatic heterocycles. The zero-order valence-electron chi connectivity index (χ0n) is 19.6. The summed E-state index contributed by atoms with van der Waals surface area (Å²) >= 11 is 10.8. The molecule has 3 rings (SSSR count). The van der Waals surface area contributed by atoms with E-state index in [0.29, 0.717) is 0 Å². The van der Waals surface area contributed by atoms with Gasteiger partial charge in [-0.1, -0.05) is 89.0 Å². The van der Waals surface area contributed by atoms with Crippen molar-refractivity contribution in [1.82, 2.24) is 0 Å². The van der Waals surface area contributed by atoms with Crippen molar-refractivity contribution in [1.29, 1.82) is 0 Å². The molecule has 0 spiro atoms. The number of halogens is 3. The van der Waals surface area contributed by atoms with Gasteiger partial charge in [-0.25, -0.2) is 8.42 Å². The van der Waals surface area contributed by atoms with E-state index in [1.807, 2.05) is 0 Å². The van der Waals surface area contributed by atoms with Crippen molar-refractivity contribution in [2.24, 2.45) is 0 Å². The molecule has 3 aromatic carbocycles. The molecule has 0 fully saturated rings. The minimum Gasteiger partial charge on any atom is -0.744 e. The highest BCUT2D eigenvalue weighted by molar-refractivity contribution is 7.85. The van der Waals surface area contributed by atoms with Crippen LogP contribution in [0.5, 0.6) is 0 Å². The fraction of sp³-hybridized carbons (Fsp3) is 0.308. The first-order valence-corrected chi connectivity index (χ1v) is 14.7. The second kappa shape index (κ2) is 11.1. The molecule has 33 heavy (non-hydrogen) atoms. The van der Waals surface area contributed by atoms with E-state index in [-0.39, 0.29) is 42.1 Å². The van der Waals surface area contributed by atoms with E-state index in [0.717, 1.165) is 6.07 Å². The highest BCUT2D eigenvalue weighted by Gasteiger charge is 2.20. The van der Waals surface area contributed by atoms with Gasteiger partial charge in [0.1, 0.15) is 10.1 Å². The lowest BCUT2D eigenvalue weighted by Crippen LogP contribution is -3.61. The molecule has 0 heterocycles. The lowest BCUT2D eigenvalue weighted by Gasteiger charge is -2.18. The minimum atomic E-state index is -4.52. The first-order chi connectivity index (χ1) is 15.1. The summed E-state index contributed by atoms with van der Waals surface area (Å²) in [5.41, 5.74) is 3.31. The van der Waals surface area contributed by atoms with Crippen LogP contribution < -0.4 is 21.2 Å². The van der Waals surface area contributed by atoms with Gasteiger partial charge < -0.3 is 4.55 Å². The number of rotatable bonds is 3. The Morgan fingerprint density at radius 3 is 1.39 bits per heavy atom. The fourth-order valence-corrected chi connectivity index (χ4v) is 6.19. The molecule has 0 aliphatic rings. The van der Waals surface area contributed by atoms with E-state index in [2.05, 4.69) is 90.1 Å². The number of hydrogen-bond donors (Lipinski definition) is 0. The Bertz CT molecular complexity index is 1120. The van der Waals surface area contributed by atoms with Gasteiger partial charge in [0.15, 0.2) is 7.14 Å². The lowest BCUT2D eigenvalue weighted by molar-refractivity contribution is -0.597. The standard InChI is InChI=1S/C20H26I.C6H4Cl2O3S/c1-19(2,3)15-7-11-17(12-8-15)21-18-13-9-16(10-14-18)20(4,5)6;7-4-1-2-5(8)6(3-4)12(9,10)11/h7-14H,1-6H3;1-3H,(H,9,10,11)/q+1;/p-1. The van der Waals surface area contributed by atoms with Crippen LogP contribution in [0.15, 0.2) is 71.6 Å². The van der Waals surface area contributed by atoms with Gasteiger partial charge in [-0.05, 0) is 64.4 Å². The highest BCUT2D eigenvalue weighted by atomic mass is 127. The highest BCUT2D eigenvalue weighted by Crippen LogP contribution is 2.24. The zero-order valence-corrected chi connectivity index (χ0v) is 24.1. The summed E-state index contributed by atoms with van der Waals surface area (Å²) in [5.74, 6) is 0. The third-order valence-electron chi connectivity index (χ3n) is 4.80. The van der Waals surface area contributed by atoms with Crippen LogP contribution in [-0.2, 0) is 20.9 Å². The van der Waals surface area contributed by atoms with Gasteiger partial charge in [0, 0.05) is 5.02 Å². The molecule has 0 saturated carbocycles. The van der Waals surface area contributed by atoms with Crippen LogP contribution in [0.4, 0.5) is 0 Å². The molecule has 178 valence electrons. The van der Waals surface area contributed by atoms with Crippen LogP contribution in [0, 0.1) is 7.14 Å². The number of hydrogen-bond acceptors (Lipinski definition) is 3. The maximum absolute atomic E-state index is 10.5. The second-order valence-corrected chi connectivity index (χ2v) is 14.9. The molecule has 7 heteroatoms. The Morgan fingerprint density at radius 1 is 0.697 bits per heavy atom. The molecular formula is C26H29Cl2IO3S. The van der Waals surface area contributed by atoms with Gasteiger partial charge in [-0.15, -0.1) is 0 Å². The fourth-order valence-electron chi connectivity index (χ4n) is 2.82. The van der Waals surface area contributed by atoms with E-state index in [1.165, 1.54) is 30.4 Å². The normalized spacial score (nSPS) is 12.2. The molecule has 0 N–H and O–H groups in total. The SMILES string of the molecule is CC(C)(C)c1ccc([I+]c2ccc(C(C)(C)C)cc2)cc1.O=S(=O)([O-])c1cc(Cl)ccc1Cl. The van der Waals surface area contributed by atoms with Crippen LogP contribution in [-0.4, -0.2) is 13.0 Å². The molecular weight excluding hydrogens is 590 g/mol. The summed E-state index contributed by atoms with van der Waals surface area (Å²) in [6.07, 6.45) is 0. The van der Waals surface area contributed by atoms with E-state index < -0.39 is 15.0 Å². The monoisotopic (exact) mass is 618 g/mol. The van der Waals surface area contributed by atoms with Crippen molar-refractivity contribution in [3.63, 3.8) is 0 Å². The van der Waals surface area contributed by atoms with Crippen LogP contribution in [0.25, 0.3) is 0 Å². The minimum absolute atomic E-state index is 0.0703. The molecule has 0 bridgehead atoms. The van der Waals surface area contributed by atoms with Gasteiger partial charge in [-0.3, -0.25) is 0 Å². The Balaban J connectivity index is 0.000000273. The Morgan fingerprint density at radius 2 is 1.09 bits per heavy atom. The smallest absolute Gasteiger partial charge is 0.357 e. The van der Waals surface area contributed by atoms with Crippen molar-refractivity contribution < 1.29 is 34.2 Å². The summed E-state index contributed by atoms with van der Waals surface area (Å²) in [6.45, 7) is 13.6. The third kappa shape index (κ3) is 8.87. The first kappa shape index (κ1) is 28.1. The first-order valence-electron chi connectivity index (χ1n) is 10.3. The lowest BCUT2D eigenvalue weighted by atomic mass is 9.87. The van der Waals surface area contributed by atoms with E-state index in [1.54, 1.807) is 0 Å². The van der Waals surface area contributed by atoms with Crippen molar-refractivity contribution in [3.8, 4) is 0 Å². The largest absolute Gasteiger partial charge is 0.744 e. The van der Waals surface area contributed by atoms with E-state index >= 15 is 0 Å². The van der Waals surface area contributed by atoms with E-state index in [4.69, 9.17) is 23.2 Å². The Kier molecular flexibility index (Phi) is 9.44. The quantitative estimate of drug-likeness (QED) is 0.325. The molecule has 3 nitrogen and oxygen atoms in total. The van der Waals surface area contributed by atoms with Crippen LogP contribution in [0.3, 0.4) is 0 Å². The van der Waals surface area contributed by atoms with Crippen molar-refractivity contribution in [2.75, 3.05) is 0 Å². The maximum Gasteiger partial charge on any atom is 0.357 e. The van der Waals surface area contributed by atoms with Crippen molar-refractivity contribution in [2.45, 2.75) is 57.3 Å². The summed E-state index contributed by atoms with van der Waals surface area (Å²) in [6, 6.07) is 22.1. The molecule has 0 aliphatic carbocycles. The molecule has 0 amide bonds. The maximum atomic E-state index is 10.5. The molecule has 0 aliphatic heterocycles. The summed E-state index contributed by atoms with van der Waals surface area (Å²) in [5, 5.41) is 0.0447. The third-order valence-corrected chi connectivity index (χ3v) is 9.04. The predicted molar refractivity (Wildman–Crippen MR) is 132 cm³/mol. The van der Waals surface area contributed by atoms with Gasteiger partial charge in [0.2, 0.25) is 0 Å².